The number of piperazine rings is 1. The Morgan fingerprint density at radius 2 is 1.93 bits per heavy atom. The van der Waals surface area contributed by atoms with Gasteiger partial charge in [0.1, 0.15) is 0 Å². The summed E-state index contributed by atoms with van der Waals surface area (Å²) >= 11 is 0. The number of amides is 1. The first-order chi connectivity index (χ1) is 13.1. The summed E-state index contributed by atoms with van der Waals surface area (Å²) in [4.78, 5) is 16.4. The largest absolute Gasteiger partial charge is 0.459 e. The highest BCUT2D eigenvalue weighted by Crippen LogP contribution is 2.25. The van der Waals surface area contributed by atoms with E-state index in [0.717, 1.165) is 24.2 Å². The van der Waals surface area contributed by atoms with Gasteiger partial charge in [-0.05, 0) is 38.1 Å². The standard InChI is InChI=1S/C20H22N4O3/c1-14-5-3-6-16(13-14)19-22-21-18(27-19)15(2)23-8-10-24(11-9-23)20(25)17-7-4-12-26-17/h3-7,12-13,15H,8-11H2,1-2H3. The van der Waals surface area contributed by atoms with Crippen molar-refractivity contribution in [1.82, 2.24) is 20.0 Å². The zero-order valence-electron chi connectivity index (χ0n) is 15.5. The second-order valence-corrected chi connectivity index (χ2v) is 6.80. The van der Waals surface area contributed by atoms with Crippen molar-refractivity contribution < 1.29 is 13.6 Å². The van der Waals surface area contributed by atoms with Crippen LogP contribution in [0, 0.1) is 6.92 Å². The summed E-state index contributed by atoms with van der Waals surface area (Å²) in [6.45, 7) is 6.86. The number of carbonyl (C=O) groups excluding carboxylic acids is 1. The fourth-order valence-electron chi connectivity index (χ4n) is 3.32. The Morgan fingerprint density at radius 3 is 2.63 bits per heavy atom. The maximum atomic E-state index is 12.4. The van der Waals surface area contributed by atoms with Crippen molar-refractivity contribution in [3.05, 3.63) is 59.9 Å². The third kappa shape index (κ3) is 3.64. The molecule has 2 aromatic heterocycles. The second kappa shape index (κ2) is 7.36. The molecule has 1 aromatic carbocycles. The first-order valence-electron chi connectivity index (χ1n) is 9.09. The normalized spacial score (nSPS) is 16.4. The Bertz CT molecular complexity index is 911. The summed E-state index contributed by atoms with van der Waals surface area (Å²) in [5.74, 6) is 1.45. The minimum atomic E-state index is -0.0631. The molecule has 4 rings (SSSR count). The molecule has 0 spiro atoms. The summed E-state index contributed by atoms with van der Waals surface area (Å²) < 4.78 is 11.1. The van der Waals surface area contributed by atoms with E-state index in [1.807, 2.05) is 36.1 Å². The number of hydrogen-bond acceptors (Lipinski definition) is 6. The monoisotopic (exact) mass is 366 g/mol. The minimum absolute atomic E-state index is 0.00285. The van der Waals surface area contributed by atoms with Crippen LogP contribution in [0.3, 0.4) is 0 Å². The lowest BCUT2D eigenvalue weighted by atomic mass is 10.1. The molecule has 1 amide bonds. The number of rotatable bonds is 4. The summed E-state index contributed by atoms with van der Waals surface area (Å²) in [7, 11) is 0. The van der Waals surface area contributed by atoms with Crippen LogP contribution >= 0.6 is 0 Å². The zero-order valence-corrected chi connectivity index (χ0v) is 15.5. The van der Waals surface area contributed by atoms with Crippen molar-refractivity contribution in [2.45, 2.75) is 19.9 Å². The molecule has 0 aliphatic carbocycles. The number of furan rings is 1. The maximum Gasteiger partial charge on any atom is 0.289 e. The molecule has 1 atom stereocenters. The van der Waals surface area contributed by atoms with Gasteiger partial charge in [-0.3, -0.25) is 9.69 Å². The average molecular weight is 366 g/mol. The molecule has 7 heteroatoms. The second-order valence-electron chi connectivity index (χ2n) is 6.80. The average Bonchev–Trinajstić information content (AvgIpc) is 3.39. The van der Waals surface area contributed by atoms with Crippen molar-refractivity contribution in [2.75, 3.05) is 26.2 Å². The summed E-state index contributed by atoms with van der Waals surface area (Å²) in [6, 6.07) is 11.4. The van der Waals surface area contributed by atoms with E-state index in [0.29, 0.717) is 30.6 Å². The topological polar surface area (TPSA) is 75.6 Å². The molecule has 1 unspecified atom stereocenters. The van der Waals surface area contributed by atoms with E-state index in [9.17, 15) is 4.79 Å². The fraction of sp³-hybridized carbons (Fsp3) is 0.350. The third-order valence-electron chi connectivity index (χ3n) is 4.94. The van der Waals surface area contributed by atoms with E-state index >= 15 is 0 Å². The van der Waals surface area contributed by atoms with Gasteiger partial charge in [-0.25, -0.2) is 0 Å². The molecule has 27 heavy (non-hydrogen) atoms. The molecule has 3 aromatic rings. The summed E-state index contributed by atoms with van der Waals surface area (Å²) in [6.07, 6.45) is 1.52. The Labute approximate surface area is 157 Å². The number of benzene rings is 1. The number of aromatic nitrogens is 2. The fourth-order valence-corrected chi connectivity index (χ4v) is 3.32. The Morgan fingerprint density at radius 1 is 1.11 bits per heavy atom. The molecule has 1 aliphatic heterocycles. The van der Waals surface area contributed by atoms with Gasteiger partial charge in [-0.1, -0.05) is 17.7 Å². The van der Waals surface area contributed by atoms with Gasteiger partial charge < -0.3 is 13.7 Å². The lowest BCUT2D eigenvalue weighted by molar-refractivity contribution is 0.0531. The van der Waals surface area contributed by atoms with Crippen LogP contribution in [-0.4, -0.2) is 52.1 Å². The molecule has 0 bridgehead atoms. The van der Waals surface area contributed by atoms with Gasteiger partial charge in [0.25, 0.3) is 5.91 Å². The molecule has 140 valence electrons. The smallest absolute Gasteiger partial charge is 0.289 e. The van der Waals surface area contributed by atoms with Crippen molar-refractivity contribution in [3.63, 3.8) is 0 Å². The first-order valence-corrected chi connectivity index (χ1v) is 9.09. The van der Waals surface area contributed by atoms with Crippen LogP contribution in [0.2, 0.25) is 0 Å². The molecular formula is C20H22N4O3. The van der Waals surface area contributed by atoms with E-state index in [-0.39, 0.29) is 11.9 Å². The minimum Gasteiger partial charge on any atom is -0.459 e. The molecule has 1 saturated heterocycles. The van der Waals surface area contributed by atoms with Gasteiger partial charge in [0.15, 0.2) is 5.76 Å². The van der Waals surface area contributed by atoms with Crippen molar-refractivity contribution in [3.8, 4) is 11.5 Å². The highest BCUT2D eigenvalue weighted by atomic mass is 16.4. The highest BCUT2D eigenvalue weighted by molar-refractivity contribution is 5.91. The van der Waals surface area contributed by atoms with E-state index in [1.54, 1.807) is 12.1 Å². The number of carbonyl (C=O) groups is 1. The molecule has 3 heterocycles. The zero-order chi connectivity index (χ0) is 18.8. The van der Waals surface area contributed by atoms with E-state index in [2.05, 4.69) is 22.0 Å². The first kappa shape index (κ1) is 17.5. The van der Waals surface area contributed by atoms with E-state index < -0.39 is 0 Å². The van der Waals surface area contributed by atoms with Crippen LogP contribution in [0.25, 0.3) is 11.5 Å². The van der Waals surface area contributed by atoms with Crippen LogP contribution in [0.5, 0.6) is 0 Å². The van der Waals surface area contributed by atoms with Gasteiger partial charge in [0, 0.05) is 31.7 Å². The van der Waals surface area contributed by atoms with Gasteiger partial charge in [-0.15, -0.1) is 10.2 Å². The van der Waals surface area contributed by atoms with Crippen LogP contribution < -0.4 is 0 Å². The van der Waals surface area contributed by atoms with Gasteiger partial charge in [0.2, 0.25) is 11.8 Å². The molecule has 7 nitrogen and oxygen atoms in total. The lowest BCUT2D eigenvalue weighted by Crippen LogP contribution is -2.49. The van der Waals surface area contributed by atoms with Crippen molar-refractivity contribution in [1.29, 1.82) is 0 Å². The third-order valence-corrected chi connectivity index (χ3v) is 4.94. The van der Waals surface area contributed by atoms with Crippen LogP contribution in [0.1, 0.15) is 35.0 Å². The van der Waals surface area contributed by atoms with Crippen molar-refractivity contribution >= 4 is 5.91 Å². The SMILES string of the molecule is Cc1cccc(-c2nnc(C(C)N3CCN(C(=O)c4ccco4)CC3)o2)c1. The molecule has 1 fully saturated rings. The van der Waals surface area contributed by atoms with E-state index in [1.165, 1.54) is 6.26 Å². The highest BCUT2D eigenvalue weighted by Gasteiger charge is 2.28. The predicted molar refractivity (Wildman–Crippen MR) is 99.1 cm³/mol. The lowest BCUT2D eigenvalue weighted by Gasteiger charge is -2.36. The van der Waals surface area contributed by atoms with Gasteiger partial charge in [0.05, 0.1) is 12.3 Å². The van der Waals surface area contributed by atoms with E-state index in [4.69, 9.17) is 8.83 Å². The summed E-state index contributed by atoms with van der Waals surface area (Å²) in [5.41, 5.74) is 2.08. The molecule has 1 aliphatic rings. The maximum absolute atomic E-state index is 12.4. The molecule has 0 radical (unpaired) electrons. The summed E-state index contributed by atoms with van der Waals surface area (Å²) in [5, 5.41) is 8.44. The number of nitrogens with zero attached hydrogens (tertiary/aromatic N) is 4. The Hall–Kier alpha value is -2.93. The quantitative estimate of drug-likeness (QED) is 0.706. The van der Waals surface area contributed by atoms with Gasteiger partial charge >= 0.3 is 0 Å². The predicted octanol–water partition coefficient (Wildman–Crippen LogP) is 3.16. The van der Waals surface area contributed by atoms with Crippen LogP contribution in [0.15, 0.2) is 51.5 Å². The molecule has 0 N–H and O–H groups in total. The number of hydrogen-bond donors (Lipinski definition) is 0. The van der Waals surface area contributed by atoms with Crippen LogP contribution in [-0.2, 0) is 0 Å². The Balaban J connectivity index is 1.40. The van der Waals surface area contributed by atoms with Crippen molar-refractivity contribution in [2.24, 2.45) is 0 Å². The molecular weight excluding hydrogens is 344 g/mol. The van der Waals surface area contributed by atoms with Crippen LogP contribution in [0.4, 0.5) is 0 Å². The molecule has 0 saturated carbocycles. The number of aryl methyl sites for hydroxylation is 1. The van der Waals surface area contributed by atoms with Gasteiger partial charge in [-0.2, -0.15) is 0 Å². The Kier molecular flexibility index (Phi) is 4.77.